The Kier molecular flexibility index (Phi) is 3.27. The van der Waals surface area contributed by atoms with E-state index in [1.807, 2.05) is 18.2 Å². The van der Waals surface area contributed by atoms with Gasteiger partial charge in [0.1, 0.15) is 11.5 Å². The molecule has 0 amide bonds. The van der Waals surface area contributed by atoms with E-state index < -0.39 is 0 Å². The van der Waals surface area contributed by atoms with Gasteiger partial charge in [-0.2, -0.15) is 0 Å². The fourth-order valence-corrected chi connectivity index (χ4v) is 5.90. The van der Waals surface area contributed by atoms with Crippen LogP contribution in [0.2, 0.25) is 0 Å². The second-order valence-corrected chi connectivity index (χ2v) is 7.92. The minimum Gasteiger partial charge on any atom is -0.508 e. The quantitative estimate of drug-likeness (QED) is 0.898. The van der Waals surface area contributed by atoms with Crippen molar-refractivity contribution in [1.29, 1.82) is 0 Å². The third kappa shape index (κ3) is 2.07. The van der Waals surface area contributed by atoms with E-state index in [1.54, 1.807) is 11.8 Å². The number of benzene rings is 1. The molecule has 1 saturated carbocycles. The molecule has 1 aromatic heterocycles. The second-order valence-electron chi connectivity index (χ2n) is 7.92. The molecule has 3 aliphatic rings. The monoisotopic (exact) mass is 323 g/mol. The lowest BCUT2D eigenvalue weighted by atomic mass is 9.52. The average Bonchev–Trinajstić information content (AvgIpc) is 3.10. The highest BCUT2D eigenvalue weighted by molar-refractivity contribution is 5.45. The fourth-order valence-electron chi connectivity index (χ4n) is 5.90. The summed E-state index contributed by atoms with van der Waals surface area (Å²) in [5, 5.41) is 9.99. The van der Waals surface area contributed by atoms with Gasteiger partial charge in [0.15, 0.2) is 0 Å². The molecular weight excluding hydrogens is 298 g/mol. The Labute approximate surface area is 143 Å². The van der Waals surface area contributed by atoms with E-state index >= 15 is 0 Å². The predicted octanol–water partition coefficient (Wildman–Crippen LogP) is 4.24. The zero-order valence-corrected chi connectivity index (χ0v) is 14.1. The Morgan fingerprint density at radius 1 is 1.21 bits per heavy atom. The van der Waals surface area contributed by atoms with Gasteiger partial charge in [0.2, 0.25) is 0 Å². The van der Waals surface area contributed by atoms with Gasteiger partial charge in [0.25, 0.3) is 0 Å². The highest BCUT2D eigenvalue weighted by Gasteiger charge is 2.53. The lowest BCUT2D eigenvalue weighted by Gasteiger charge is -2.59. The summed E-state index contributed by atoms with van der Waals surface area (Å²) in [6.45, 7) is 2.07. The minimum atomic E-state index is 0.351. The van der Waals surface area contributed by atoms with Gasteiger partial charge in [-0.05, 0) is 73.5 Å². The van der Waals surface area contributed by atoms with Crippen LogP contribution in [-0.2, 0) is 18.4 Å². The summed E-state index contributed by atoms with van der Waals surface area (Å²) in [5.41, 5.74) is 3.27. The molecule has 3 heteroatoms. The molecule has 24 heavy (non-hydrogen) atoms. The molecule has 2 aromatic rings. The molecule has 2 aliphatic carbocycles. The molecule has 0 radical (unpaired) electrons. The summed E-state index contributed by atoms with van der Waals surface area (Å²) >= 11 is 0. The zero-order chi connectivity index (χ0) is 16.1. The van der Waals surface area contributed by atoms with Crippen molar-refractivity contribution in [2.75, 3.05) is 6.54 Å². The number of rotatable bonds is 2. The van der Waals surface area contributed by atoms with Gasteiger partial charge < -0.3 is 9.52 Å². The first-order valence-electron chi connectivity index (χ1n) is 9.35. The molecule has 2 bridgehead atoms. The first kappa shape index (κ1) is 14.6. The van der Waals surface area contributed by atoms with Crippen LogP contribution in [0.1, 0.15) is 49.0 Å². The van der Waals surface area contributed by atoms with E-state index in [0.29, 0.717) is 17.2 Å². The van der Waals surface area contributed by atoms with E-state index in [2.05, 4.69) is 17.0 Å². The first-order chi connectivity index (χ1) is 11.8. The number of likely N-dealkylation sites (tertiary alicyclic amines) is 1. The topological polar surface area (TPSA) is 36.6 Å². The van der Waals surface area contributed by atoms with Crippen LogP contribution >= 0.6 is 0 Å². The predicted molar refractivity (Wildman–Crippen MR) is 93.0 cm³/mol. The van der Waals surface area contributed by atoms with Crippen molar-refractivity contribution >= 4 is 0 Å². The first-order valence-corrected chi connectivity index (χ1v) is 9.35. The Morgan fingerprint density at radius 3 is 3.04 bits per heavy atom. The Morgan fingerprint density at radius 2 is 2.17 bits per heavy atom. The smallest absolute Gasteiger partial charge is 0.117 e. The number of hydrogen-bond donors (Lipinski definition) is 1. The zero-order valence-electron chi connectivity index (χ0n) is 14.1. The summed E-state index contributed by atoms with van der Waals surface area (Å²) in [5.74, 6) is 2.24. The van der Waals surface area contributed by atoms with E-state index in [1.165, 1.54) is 37.7 Å². The van der Waals surface area contributed by atoms with Gasteiger partial charge in [-0.1, -0.05) is 18.9 Å². The van der Waals surface area contributed by atoms with Gasteiger partial charge in [0, 0.05) is 11.5 Å². The molecule has 1 aliphatic heterocycles. The SMILES string of the molecule is Oc1ccc2c(c1)C[C@@H]1[C@@H]3CCCCC23CCN1Cc1ccco1. The fraction of sp³-hybridized carbons (Fsp3) is 0.524. The van der Waals surface area contributed by atoms with Crippen LogP contribution in [0.5, 0.6) is 5.75 Å². The van der Waals surface area contributed by atoms with Crippen LogP contribution in [-0.4, -0.2) is 22.6 Å². The molecule has 3 atom stereocenters. The number of furan rings is 1. The molecule has 2 fully saturated rings. The molecule has 1 saturated heterocycles. The number of aromatic hydroxyl groups is 1. The molecule has 3 nitrogen and oxygen atoms in total. The number of phenolic OH excluding ortho intramolecular Hbond substituents is 1. The summed E-state index contributed by atoms with van der Waals surface area (Å²) in [6, 6.07) is 10.8. The summed E-state index contributed by atoms with van der Waals surface area (Å²) < 4.78 is 5.62. The number of nitrogens with zero attached hydrogens (tertiary/aromatic N) is 1. The third-order valence-electron chi connectivity index (χ3n) is 6.87. The van der Waals surface area contributed by atoms with Gasteiger partial charge >= 0.3 is 0 Å². The van der Waals surface area contributed by atoms with Crippen molar-refractivity contribution in [2.45, 2.75) is 56.5 Å². The summed E-state index contributed by atoms with van der Waals surface area (Å²) in [4.78, 5) is 2.64. The highest BCUT2D eigenvalue weighted by Crippen LogP contribution is 2.56. The van der Waals surface area contributed by atoms with E-state index in [-0.39, 0.29) is 0 Å². The van der Waals surface area contributed by atoms with Crippen molar-refractivity contribution in [2.24, 2.45) is 5.92 Å². The standard InChI is InChI=1S/C21H25NO2/c23-16-6-7-18-15(12-16)13-20-19-5-1-2-8-21(18,19)9-10-22(20)14-17-4-3-11-24-17/h3-4,6-7,11-12,19-20,23H,1-2,5,8-10,13-14H2/t19-,20+,21?/m0/s1. The Hall–Kier alpha value is -1.74. The van der Waals surface area contributed by atoms with Gasteiger partial charge in [-0.15, -0.1) is 0 Å². The van der Waals surface area contributed by atoms with Gasteiger partial charge in [0.05, 0.1) is 12.8 Å². The largest absolute Gasteiger partial charge is 0.508 e. The third-order valence-corrected chi connectivity index (χ3v) is 6.87. The lowest BCUT2D eigenvalue weighted by Crippen LogP contribution is -2.60. The Bertz CT molecular complexity index is 738. The highest BCUT2D eigenvalue weighted by atomic mass is 16.3. The lowest BCUT2D eigenvalue weighted by molar-refractivity contribution is -0.0184. The summed E-state index contributed by atoms with van der Waals surface area (Å²) in [6.07, 6.45) is 9.47. The van der Waals surface area contributed by atoms with Crippen molar-refractivity contribution in [3.63, 3.8) is 0 Å². The molecular formula is C21H25NO2. The van der Waals surface area contributed by atoms with Crippen LogP contribution in [0.25, 0.3) is 0 Å². The molecule has 1 unspecified atom stereocenters. The molecule has 0 spiro atoms. The molecule has 1 aromatic carbocycles. The molecule has 5 rings (SSSR count). The average molecular weight is 323 g/mol. The van der Waals surface area contributed by atoms with Crippen LogP contribution < -0.4 is 0 Å². The minimum absolute atomic E-state index is 0.351. The Balaban J connectivity index is 1.56. The van der Waals surface area contributed by atoms with Crippen molar-refractivity contribution in [3.05, 3.63) is 53.5 Å². The van der Waals surface area contributed by atoms with E-state index in [4.69, 9.17) is 4.42 Å². The second kappa shape index (κ2) is 5.38. The van der Waals surface area contributed by atoms with Crippen LogP contribution in [0.3, 0.4) is 0 Å². The molecule has 1 N–H and O–H groups in total. The number of fused-ring (bicyclic) bond motifs is 1. The maximum Gasteiger partial charge on any atom is 0.117 e. The number of hydrogen-bond acceptors (Lipinski definition) is 3. The normalized spacial score (nSPS) is 32.2. The van der Waals surface area contributed by atoms with Crippen molar-refractivity contribution in [1.82, 2.24) is 4.90 Å². The van der Waals surface area contributed by atoms with Crippen molar-refractivity contribution in [3.8, 4) is 5.75 Å². The van der Waals surface area contributed by atoms with Crippen molar-refractivity contribution < 1.29 is 9.52 Å². The molecule has 126 valence electrons. The number of phenols is 1. The summed E-state index contributed by atoms with van der Waals surface area (Å²) in [7, 11) is 0. The van der Waals surface area contributed by atoms with Crippen LogP contribution in [0, 0.1) is 5.92 Å². The molecule has 2 heterocycles. The van der Waals surface area contributed by atoms with Crippen LogP contribution in [0.4, 0.5) is 0 Å². The van der Waals surface area contributed by atoms with Gasteiger partial charge in [-0.25, -0.2) is 0 Å². The maximum absolute atomic E-state index is 9.99. The number of piperidine rings is 1. The maximum atomic E-state index is 9.99. The van der Waals surface area contributed by atoms with Crippen LogP contribution in [0.15, 0.2) is 41.0 Å². The van der Waals surface area contributed by atoms with Gasteiger partial charge in [-0.3, -0.25) is 4.90 Å². The van der Waals surface area contributed by atoms with E-state index in [9.17, 15) is 5.11 Å². The van der Waals surface area contributed by atoms with E-state index in [0.717, 1.165) is 31.2 Å².